The molecule has 0 radical (unpaired) electrons. The molecule has 228 valence electrons. The van der Waals surface area contributed by atoms with Crippen LogP contribution in [-0.4, -0.2) is 53.9 Å². The maximum atomic E-state index is 13.7. The molecule has 2 aromatic carbocycles. The Hall–Kier alpha value is -4.22. The summed E-state index contributed by atoms with van der Waals surface area (Å²) in [5, 5.41) is 2.84. The van der Waals surface area contributed by atoms with Crippen LogP contribution in [0, 0.1) is 5.92 Å². The first-order valence-electron chi connectivity index (χ1n) is 14.0. The van der Waals surface area contributed by atoms with Crippen molar-refractivity contribution >= 4 is 17.6 Å². The van der Waals surface area contributed by atoms with Gasteiger partial charge in [0.1, 0.15) is 11.6 Å². The average Bonchev–Trinajstić information content (AvgIpc) is 3.78. The molecule has 1 saturated heterocycles. The van der Waals surface area contributed by atoms with E-state index in [2.05, 4.69) is 10.3 Å². The molecule has 43 heavy (non-hydrogen) atoms. The van der Waals surface area contributed by atoms with E-state index in [1.54, 1.807) is 12.3 Å². The average molecular weight is 603 g/mol. The molecule has 2 amide bonds. The number of carbonyl (C=O) groups is 2. The lowest BCUT2D eigenvalue weighted by Gasteiger charge is -2.31. The third kappa shape index (κ3) is 7.60. The number of nitrogens with zero attached hydrogens (tertiary/aromatic N) is 2. The summed E-state index contributed by atoms with van der Waals surface area (Å²) in [6.45, 7) is 0.263. The molecule has 2 heterocycles. The topological polar surface area (TPSA) is 97.6 Å². The largest absolute Gasteiger partial charge is 0.493 e. The molecule has 12 heteroatoms. The zero-order valence-corrected chi connectivity index (χ0v) is 23.2. The van der Waals surface area contributed by atoms with Crippen molar-refractivity contribution in [2.24, 2.45) is 5.92 Å². The van der Waals surface area contributed by atoms with Crippen molar-refractivity contribution in [2.45, 2.75) is 43.7 Å². The van der Waals surface area contributed by atoms with Gasteiger partial charge in [-0.05, 0) is 71.8 Å². The van der Waals surface area contributed by atoms with Gasteiger partial charge in [-0.2, -0.15) is 13.2 Å². The monoisotopic (exact) mass is 602 g/mol. The van der Waals surface area contributed by atoms with Crippen LogP contribution in [0.5, 0.6) is 5.75 Å². The number of halogens is 5. The Morgan fingerprint density at radius 1 is 1.02 bits per heavy atom. The predicted octanol–water partition coefficient (Wildman–Crippen LogP) is 5.91. The molecule has 3 aromatic rings. The minimum Gasteiger partial charge on any atom is -0.493 e. The van der Waals surface area contributed by atoms with Gasteiger partial charge in [0, 0.05) is 50.2 Å². The minimum absolute atomic E-state index is 0.0173. The first-order valence-corrected chi connectivity index (χ1v) is 14.0. The summed E-state index contributed by atoms with van der Waals surface area (Å²) < 4.78 is 73.5. The standard InChI is InChI=1S/C31H31F5N4O3/c32-30(33)8-11-40(12-9-30)29(42)20-4-2-19(3-5-20)22-14-23(31(34,35)36)16-24(15-22)43-13-1-10-38-28(41)26-17-25(26)21-6-7-27(37)39-18-21/h2-7,14-16,18,25-26H,1,8-13,17H2,(H2,37,39)(H,38,41)/t25-,26+/m1/s1. The summed E-state index contributed by atoms with van der Waals surface area (Å²) >= 11 is 0. The van der Waals surface area contributed by atoms with Crippen LogP contribution in [0.4, 0.5) is 27.8 Å². The van der Waals surface area contributed by atoms with Crippen LogP contribution >= 0.6 is 0 Å². The van der Waals surface area contributed by atoms with Gasteiger partial charge in [-0.25, -0.2) is 13.8 Å². The maximum absolute atomic E-state index is 13.7. The third-order valence-electron chi connectivity index (χ3n) is 7.73. The SMILES string of the molecule is Nc1ccc([C@H]2C[C@@H]2C(=O)NCCCOc2cc(-c3ccc(C(=O)N4CCC(F)(F)CC4)cc3)cc(C(F)(F)F)c2)cn1. The number of piperidine rings is 1. The molecule has 3 N–H and O–H groups in total. The van der Waals surface area contributed by atoms with E-state index in [-0.39, 0.29) is 54.3 Å². The van der Waals surface area contributed by atoms with Gasteiger partial charge in [0.2, 0.25) is 5.91 Å². The number of ether oxygens (including phenoxy) is 1. The van der Waals surface area contributed by atoms with Gasteiger partial charge in [0.05, 0.1) is 12.2 Å². The molecule has 1 aliphatic carbocycles. The number of anilines is 1. The fourth-order valence-electron chi connectivity index (χ4n) is 5.13. The summed E-state index contributed by atoms with van der Waals surface area (Å²) in [5.74, 6) is -2.90. The zero-order valence-electron chi connectivity index (χ0n) is 23.2. The number of likely N-dealkylation sites (tertiary alicyclic amines) is 1. The van der Waals surface area contributed by atoms with Crippen LogP contribution in [0.15, 0.2) is 60.8 Å². The number of hydrogen-bond acceptors (Lipinski definition) is 5. The highest BCUT2D eigenvalue weighted by Gasteiger charge is 2.44. The molecular weight excluding hydrogens is 571 g/mol. The summed E-state index contributed by atoms with van der Waals surface area (Å²) in [7, 11) is 0. The number of amides is 2. The highest BCUT2D eigenvalue weighted by Crippen LogP contribution is 2.47. The molecule has 7 nitrogen and oxygen atoms in total. The van der Waals surface area contributed by atoms with Crippen molar-refractivity contribution in [3.05, 3.63) is 77.5 Å². The first-order chi connectivity index (χ1) is 20.4. The maximum Gasteiger partial charge on any atom is 0.416 e. The molecule has 1 aromatic heterocycles. The highest BCUT2D eigenvalue weighted by molar-refractivity contribution is 5.94. The van der Waals surface area contributed by atoms with E-state index in [1.165, 1.54) is 35.2 Å². The summed E-state index contributed by atoms with van der Waals surface area (Å²) in [6, 6.07) is 12.9. The molecule has 1 saturated carbocycles. The summed E-state index contributed by atoms with van der Waals surface area (Å²) in [5.41, 5.74) is 6.60. The molecule has 2 fully saturated rings. The highest BCUT2D eigenvalue weighted by atomic mass is 19.4. The Morgan fingerprint density at radius 3 is 2.40 bits per heavy atom. The Balaban J connectivity index is 1.16. The fourth-order valence-corrected chi connectivity index (χ4v) is 5.13. The lowest BCUT2D eigenvalue weighted by atomic mass is 10.00. The van der Waals surface area contributed by atoms with Gasteiger partial charge in [-0.1, -0.05) is 18.2 Å². The zero-order chi connectivity index (χ0) is 30.8. The van der Waals surface area contributed by atoms with Gasteiger partial charge in [0.25, 0.3) is 11.8 Å². The van der Waals surface area contributed by atoms with Crippen LogP contribution in [-0.2, 0) is 11.0 Å². The van der Waals surface area contributed by atoms with Gasteiger partial charge in [0.15, 0.2) is 0 Å². The second kappa shape index (κ2) is 12.2. The van der Waals surface area contributed by atoms with E-state index in [1.807, 2.05) is 6.07 Å². The summed E-state index contributed by atoms with van der Waals surface area (Å²) in [6.07, 6.45) is -2.65. The number of carbonyl (C=O) groups excluding carboxylic acids is 2. The smallest absolute Gasteiger partial charge is 0.416 e. The second-order valence-electron chi connectivity index (χ2n) is 10.9. The molecule has 2 aliphatic rings. The summed E-state index contributed by atoms with van der Waals surface area (Å²) in [4.78, 5) is 30.6. The number of rotatable bonds is 9. The molecule has 0 bridgehead atoms. The minimum atomic E-state index is -4.62. The number of alkyl halides is 5. The Morgan fingerprint density at radius 2 is 1.74 bits per heavy atom. The van der Waals surface area contributed by atoms with E-state index >= 15 is 0 Å². The molecule has 1 aliphatic heterocycles. The van der Waals surface area contributed by atoms with Gasteiger partial charge in [-0.15, -0.1) is 0 Å². The van der Waals surface area contributed by atoms with Crippen LogP contribution in [0.3, 0.4) is 0 Å². The first kappa shape index (κ1) is 30.2. The number of nitrogens with one attached hydrogen (secondary N) is 1. The van der Waals surface area contributed by atoms with E-state index in [0.717, 1.165) is 17.7 Å². The Bertz CT molecular complexity index is 1450. The predicted molar refractivity (Wildman–Crippen MR) is 150 cm³/mol. The molecule has 2 atom stereocenters. The Labute approximate surface area is 245 Å². The lowest BCUT2D eigenvalue weighted by Crippen LogP contribution is -2.42. The van der Waals surface area contributed by atoms with Crippen molar-refractivity contribution in [3.8, 4) is 16.9 Å². The molecular formula is C31H31F5N4O3. The van der Waals surface area contributed by atoms with Crippen molar-refractivity contribution in [1.82, 2.24) is 15.2 Å². The van der Waals surface area contributed by atoms with Crippen LogP contribution in [0.2, 0.25) is 0 Å². The van der Waals surface area contributed by atoms with Crippen molar-refractivity contribution < 1.29 is 36.3 Å². The second-order valence-corrected chi connectivity index (χ2v) is 10.9. The van der Waals surface area contributed by atoms with Crippen LogP contribution in [0.25, 0.3) is 11.1 Å². The number of nitrogen functional groups attached to an aromatic ring is 1. The van der Waals surface area contributed by atoms with Gasteiger partial charge >= 0.3 is 6.18 Å². The van der Waals surface area contributed by atoms with Crippen LogP contribution in [0.1, 0.15) is 53.1 Å². The van der Waals surface area contributed by atoms with E-state index in [0.29, 0.717) is 30.8 Å². The molecule has 0 spiro atoms. The fraction of sp³-hybridized carbons (Fsp3) is 0.387. The van der Waals surface area contributed by atoms with Gasteiger partial charge < -0.3 is 20.7 Å². The van der Waals surface area contributed by atoms with Crippen LogP contribution < -0.4 is 15.8 Å². The Kier molecular flexibility index (Phi) is 8.57. The molecule has 5 rings (SSSR count). The van der Waals surface area contributed by atoms with Gasteiger partial charge in [-0.3, -0.25) is 9.59 Å². The number of pyridine rings is 1. The quantitative estimate of drug-likeness (QED) is 0.235. The lowest BCUT2D eigenvalue weighted by molar-refractivity contribution is -0.137. The number of nitrogens with two attached hydrogens (primary N) is 1. The van der Waals surface area contributed by atoms with Crippen molar-refractivity contribution in [2.75, 3.05) is 32.0 Å². The van der Waals surface area contributed by atoms with E-state index in [4.69, 9.17) is 10.5 Å². The third-order valence-corrected chi connectivity index (χ3v) is 7.73. The number of hydrogen-bond donors (Lipinski definition) is 2. The number of aromatic nitrogens is 1. The van der Waals surface area contributed by atoms with Crippen molar-refractivity contribution in [1.29, 1.82) is 0 Å². The van der Waals surface area contributed by atoms with E-state index in [9.17, 15) is 31.5 Å². The normalized spacial score (nSPS) is 19.5. The number of benzene rings is 2. The van der Waals surface area contributed by atoms with E-state index < -0.39 is 36.4 Å². The molecule has 0 unspecified atom stereocenters. The van der Waals surface area contributed by atoms with Crippen molar-refractivity contribution in [3.63, 3.8) is 0 Å².